The highest BCUT2D eigenvalue weighted by atomic mass is 16.3. The minimum absolute atomic E-state index is 0.123. The third kappa shape index (κ3) is 3.84. The minimum atomic E-state index is -0.155. The Morgan fingerprint density at radius 1 is 1.25 bits per heavy atom. The first kappa shape index (κ1) is 14.6. The van der Waals surface area contributed by atoms with Gasteiger partial charge in [0.15, 0.2) is 0 Å². The standard InChI is InChI=1S/C16H21NO3/c18-12-16(9-1-2-10-16)11-17-15(20)8-5-13-3-6-14(19)7-4-13/h3-8,18-19H,1-2,9-12H2,(H,17,20)/b8-5+. The van der Waals surface area contributed by atoms with Gasteiger partial charge in [0.05, 0.1) is 6.61 Å². The van der Waals surface area contributed by atoms with Crippen molar-refractivity contribution in [2.75, 3.05) is 13.2 Å². The molecule has 1 aromatic carbocycles. The smallest absolute Gasteiger partial charge is 0.244 e. The van der Waals surface area contributed by atoms with Crippen LogP contribution >= 0.6 is 0 Å². The van der Waals surface area contributed by atoms with Gasteiger partial charge in [0.1, 0.15) is 5.75 Å². The first-order chi connectivity index (χ1) is 9.63. The van der Waals surface area contributed by atoms with E-state index in [-0.39, 0.29) is 23.7 Å². The van der Waals surface area contributed by atoms with E-state index in [1.165, 1.54) is 6.08 Å². The first-order valence-corrected chi connectivity index (χ1v) is 6.99. The minimum Gasteiger partial charge on any atom is -0.508 e. The lowest BCUT2D eigenvalue weighted by Gasteiger charge is -2.26. The predicted octanol–water partition coefficient (Wildman–Crippen LogP) is 2.07. The Morgan fingerprint density at radius 3 is 2.50 bits per heavy atom. The molecule has 2 rings (SSSR count). The zero-order valence-corrected chi connectivity index (χ0v) is 11.5. The summed E-state index contributed by atoms with van der Waals surface area (Å²) >= 11 is 0. The SMILES string of the molecule is O=C(/C=C/c1ccc(O)cc1)NCC1(CO)CCCC1. The zero-order valence-electron chi connectivity index (χ0n) is 11.5. The van der Waals surface area contributed by atoms with Gasteiger partial charge in [-0.2, -0.15) is 0 Å². The molecule has 0 radical (unpaired) electrons. The number of amides is 1. The van der Waals surface area contributed by atoms with Crippen molar-refractivity contribution in [1.82, 2.24) is 5.32 Å². The molecule has 1 aliphatic carbocycles. The van der Waals surface area contributed by atoms with E-state index < -0.39 is 0 Å². The van der Waals surface area contributed by atoms with Crippen molar-refractivity contribution in [3.63, 3.8) is 0 Å². The van der Waals surface area contributed by atoms with Crippen LogP contribution in [-0.4, -0.2) is 29.3 Å². The van der Waals surface area contributed by atoms with Crippen molar-refractivity contribution in [1.29, 1.82) is 0 Å². The average molecular weight is 275 g/mol. The molecule has 1 amide bonds. The summed E-state index contributed by atoms with van der Waals surface area (Å²) in [5.41, 5.74) is 0.734. The van der Waals surface area contributed by atoms with E-state index in [9.17, 15) is 9.90 Å². The van der Waals surface area contributed by atoms with Gasteiger partial charge >= 0.3 is 0 Å². The van der Waals surface area contributed by atoms with Crippen molar-refractivity contribution in [3.05, 3.63) is 35.9 Å². The van der Waals surface area contributed by atoms with Crippen LogP contribution in [0.1, 0.15) is 31.2 Å². The highest BCUT2D eigenvalue weighted by Crippen LogP contribution is 2.36. The number of hydrogen-bond acceptors (Lipinski definition) is 3. The van der Waals surface area contributed by atoms with Crippen molar-refractivity contribution >= 4 is 12.0 Å². The third-order valence-electron chi connectivity index (χ3n) is 3.96. The molecular weight excluding hydrogens is 254 g/mol. The number of hydrogen-bond donors (Lipinski definition) is 3. The molecule has 0 saturated heterocycles. The second-order valence-electron chi connectivity index (χ2n) is 5.51. The van der Waals surface area contributed by atoms with Gasteiger partial charge in [-0.1, -0.05) is 25.0 Å². The fourth-order valence-electron chi connectivity index (χ4n) is 2.61. The zero-order chi connectivity index (χ0) is 14.4. The van der Waals surface area contributed by atoms with Crippen LogP contribution in [0.5, 0.6) is 5.75 Å². The molecule has 0 unspecified atom stereocenters. The number of phenols is 1. The Morgan fingerprint density at radius 2 is 1.90 bits per heavy atom. The van der Waals surface area contributed by atoms with E-state index in [4.69, 9.17) is 5.11 Å². The molecule has 1 fully saturated rings. The van der Waals surface area contributed by atoms with Crippen molar-refractivity contribution in [2.24, 2.45) is 5.41 Å². The number of phenolic OH excluding ortho intramolecular Hbond substituents is 1. The molecule has 4 nitrogen and oxygen atoms in total. The van der Waals surface area contributed by atoms with Crippen LogP contribution < -0.4 is 5.32 Å². The van der Waals surface area contributed by atoms with Gasteiger partial charge < -0.3 is 15.5 Å². The highest BCUT2D eigenvalue weighted by molar-refractivity contribution is 5.91. The summed E-state index contributed by atoms with van der Waals surface area (Å²) < 4.78 is 0. The van der Waals surface area contributed by atoms with Gasteiger partial charge in [0.2, 0.25) is 5.91 Å². The topological polar surface area (TPSA) is 69.6 Å². The number of rotatable bonds is 5. The van der Waals surface area contributed by atoms with Gasteiger partial charge in [-0.15, -0.1) is 0 Å². The summed E-state index contributed by atoms with van der Waals surface area (Å²) in [6.45, 7) is 0.664. The molecule has 4 heteroatoms. The molecule has 0 bridgehead atoms. The maximum Gasteiger partial charge on any atom is 0.244 e. The Balaban J connectivity index is 1.84. The Labute approximate surface area is 119 Å². The van der Waals surface area contributed by atoms with E-state index in [1.54, 1.807) is 30.3 Å². The number of carbonyl (C=O) groups is 1. The average Bonchev–Trinajstić information content (AvgIpc) is 2.94. The highest BCUT2D eigenvalue weighted by Gasteiger charge is 2.33. The number of carbonyl (C=O) groups excluding carboxylic acids is 1. The summed E-state index contributed by atoms with van der Waals surface area (Å²) in [5.74, 6) is 0.0514. The maximum atomic E-state index is 11.8. The summed E-state index contributed by atoms with van der Waals surface area (Å²) in [7, 11) is 0. The maximum absolute atomic E-state index is 11.8. The van der Waals surface area contributed by atoms with E-state index >= 15 is 0 Å². The largest absolute Gasteiger partial charge is 0.508 e. The molecule has 0 heterocycles. The molecule has 1 aromatic rings. The van der Waals surface area contributed by atoms with Crippen LogP contribution in [-0.2, 0) is 4.79 Å². The summed E-state index contributed by atoms with van der Waals surface area (Å²) in [5, 5.41) is 21.5. The molecule has 1 saturated carbocycles. The lowest BCUT2D eigenvalue weighted by Crippen LogP contribution is -2.37. The molecular formula is C16H21NO3. The van der Waals surface area contributed by atoms with Gasteiger partial charge in [-0.3, -0.25) is 4.79 Å². The number of nitrogens with one attached hydrogen (secondary N) is 1. The Bertz CT molecular complexity index is 473. The van der Waals surface area contributed by atoms with Crippen molar-refractivity contribution < 1.29 is 15.0 Å². The molecule has 0 atom stereocenters. The lowest BCUT2D eigenvalue weighted by molar-refractivity contribution is -0.117. The van der Waals surface area contributed by atoms with E-state index in [0.29, 0.717) is 6.54 Å². The van der Waals surface area contributed by atoms with Crippen LogP contribution in [0.3, 0.4) is 0 Å². The molecule has 0 aliphatic heterocycles. The second-order valence-corrected chi connectivity index (χ2v) is 5.51. The third-order valence-corrected chi connectivity index (χ3v) is 3.96. The van der Waals surface area contributed by atoms with Crippen LogP contribution in [0.25, 0.3) is 6.08 Å². The van der Waals surface area contributed by atoms with E-state index in [1.807, 2.05) is 0 Å². The molecule has 0 spiro atoms. The van der Waals surface area contributed by atoms with Crippen LogP contribution in [0.15, 0.2) is 30.3 Å². The number of aromatic hydroxyl groups is 1. The predicted molar refractivity (Wildman–Crippen MR) is 78.1 cm³/mol. The van der Waals surface area contributed by atoms with Crippen LogP contribution in [0, 0.1) is 5.41 Å². The van der Waals surface area contributed by atoms with Gasteiger partial charge in [-0.05, 0) is 36.6 Å². The van der Waals surface area contributed by atoms with Crippen LogP contribution in [0.4, 0.5) is 0 Å². The summed E-state index contributed by atoms with van der Waals surface area (Å²) in [6, 6.07) is 6.64. The van der Waals surface area contributed by atoms with Crippen molar-refractivity contribution in [3.8, 4) is 5.75 Å². The molecule has 20 heavy (non-hydrogen) atoms. The number of aliphatic hydroxyl groups excluding tert-OH is 1. The number of aliphatic hydroxyl groups is 1. The van der Waals surface area contributed by atoms with E-state index in [2.05, 4.69) is 5.32 Å². The van der Waals surface area contributed by atoms with Crippen LogP contribution in [0.2, 0.25) is 0 Å². The van der Waals surface area contributed by atoms with Gasteiger partial charge in [0, 0.05) is 18.0 Å². The lowest BCUT2D eigenvalue weighted by atomic mass is 9.87. The molecule has 108 valence electrons. The normalized spacial score (nSPS) is 17.4. The molecule has 0 aromatic heterocycles. The van der Waals surface area contributed by atoms with E-state index in [0.717, 1.165) is 31.2 Å². The monoisotopic (exact) mass is 275 g/mol. The van der Waals surface area contributed by atoms with Crippen molar-refractivity contribution in [2.45, 2.75) is 25.7 Å². The molecule has 1 aliphatic rings. The Hall–Kier alpha value is -1.81. The fraction of sp³-hybridized carbons (Fsp3) is 0.438. The number of benzene rings is 1. The van der Waals surface area contributed by atoms with Gasteiger partial charge in [-0.25, -0.2) is 0 Å². The molecule has 3 N–H and O–H groups in total. The van der Waals surface area contributed by atoms with Gasteiger partial charge in [0.25, 0.3) is 0 Å². The Kier molecular flexibility index (Phi) is 4.79. The summed E-state index contributed by atoms with van der Waals surface area (Å²) in [4.78, 5) is 11.8. The second kappa shape index (κ2) is 6.57. The summed E-state index contributed by atoms with van der Waals surface area (Å²) in [6.07, 6.45) is 7.39. The first-order valence-electron chi connectivity index (χ1n) is 6.99. The quantitative estimate of drug-likeness (QED) is 0.721. The fourth-order valence-corrected chi connectivity index (χ4v) is 2.61.